The Morgan fingerprint density at radius 2 is 2.00 bits per heavy atom. The monoisotopic (exact) mass is 360 g/mol. The van der Waals surface area contributed by atoms with Gasteiger partial charge in [-0.2, -0.15) is 5.26 Å². The molecule has 1 fully saturated rings. The zero-order chi connectivity index (χ0) is 18.8. The van der Waals surface area contributed by atoms with Gasteiger partial charge in [0.1, 0.15) is 17.7 Å². The Morgan fingerprint density at radius 3 is 2.74 bits per heavy atom. The van der Waals surface area contributed by atoms with Crippen LogP contribution in [0.2, 0.25) is 0 Å². The third-order valence-electron chi connectivity index (χ3n) is 5.02. The number of halogens is 1. The van der Waals surface area contributed by atoms with E-state index in [1.165, 1.54) is 6.42 Å². The van der Waals surface area contributed by atoms with Gasteiger partial charge in [0, 0.05) is 24.3 Å². The van der Waals surface area contributed by atoms with Crippen LogP contribution in [-0.4, -0.2) is 23.1 Å². The Bertz CT molecular complexity index is 1050. The van der Waals surface area contributed by atoms with Crippen molar-refractivity contribution in [3.63, 3.8) is 0 Å². The first-order valence-electron chi connectivity index (χ1n) is 9.27. The zero-order valence-electron chi connectivity index (χ0n) is 15.3. The normalized spacial score (nSPS) is 15.1. The van der Waals surface area contributed by atoms with Crippen LogP contribution in [0.15, 0.2) is 36.4 Å². The van der Waals surface area contributed by atoms with Gasteiger partial charge in [-0.05, 0) is 68.2 Å². The van der Waals surface area contributed by atoms with Gasteiger partial charge in [-0.15, -0.1) is 0 Å². The first-order valence-corrected chi connectivity index (χ1v) is 9.27. The van der Waals surface area contributed by atoms with Crippen LogP contribution in [0.3, 0.4) is 0 Å². The number of anilines is 1. The number of rotatable bonds is 3. The van der Waals surface area contributed by atoms with Crippen molar-refractivity contribution in [3.05, 3.63) is 59.2 Å². The van der Waals surface area contributed by atoms with Crippen LogP contribution in [0.5, 0.6) is 0 Å². The summed E-state index contributed by atoms with van der Waals surface area (Å²) in [7, 11) is 0. The van der Waals surface area contributed by atoms with Crippen LogP contribution < -0.4 is 4.90 Å². The second-order valence-electron chi connectivity index (χ2n) is 7.03. The average Bonchev–Trinajstić information content (AvgIpc) is 3.10. The molecule has 1 aliphatic heterocycles. The molecule has 2 aromatic carbocycles. The minimum atomic E-state index is -0.322. The molecule has 1 aliphatic rings. The second kappa shape index (κ2) is 7.24. The molecule has 0 atom stereocenters. The van der Waals surface area contributed by atoms with Crippen LogP contribution in [0, 0.1) is 24.1 Å². The summed E-state index contributed by atoms with van der Waals surface area (Å²) in [6.07, 6.45) is 5.09. The number of fused-ring (bicyclic) bond motifs is 1. The number of H-pyrrole nitrogens is 1. The molecule has 0 bridgehead atoms. The lowest BCUT2D eigenvalue weighted by atomic mass is 10.1. The van der Waals surface area contributed by atoms with Crippen molar-refractivity contribution in [1.82, 2.24) is 9.97 Å². The van der Waals surface area contributed by atoms with E-state index in [2.05, 4.69) is 20.9 Å². The molecule has 4 nitrogen and oxygen atoms in total. The highest BCUT2D eigenvalue weighted by atomic mass is 19.1. The summed E-state index contributed by atoms with van der Waals surface area (Å²) in [5.74, 6) is 0.135. The number of piperidine rings is 1. The minimum absolute atomic E-state index is 0.313. The lowest BCUT2D eigenvalue weighted by Gasteiger charge is -2.28. The van der Waals surface area contributed by atoms with Crippen LogP contribution in [0.4, 0.5) is 10.1 Å². The quantitative estimate of drug-likeness (QED) is 0.664. The molecular weight excluding hydrogens is 339 g/mol. The third-order valence-corrected chi connectivity index (χ3v) is 5.02. The van der Waals surface area contributed by atoms with E-state index >= 15 is 0 Å². The summed E-state index contributed by atoms with van der Waals surface area (Å²) >= 11 is 0. The van der Waals surface area contributed by atoms with E-state index in [1.54, 1.807) is 18.2 Å². The summed E-state index contributed by atoms with van der Waals surface area (Å²) < 4.78 is 14.7. The van der Waals surface area contributed by atoms with Crippen molar-refractivity contribution in [2.45, 2.75) is 26.2 Å². The molecule has 2 heterocycles. The number of nitrogens with one attached hydrogen (secondary N) is 1. The zero-order valence-corrected chi connectivity index (χ0v) is 15.3. The number of nitrogens with zero attached hydrogens (tertiary/aromatic N) is 3. The highest BCUT2D eigenvalue weighted by Crippen LogP contribution is 2.25. The molecule has 1 aromatic heterocycles. The number of aromatic amines is 1. The van der Waals surface area contributed by atoms with Crippen molar-refractivity contribution in [2.75, 3.05) is 18.0 Å². The topological polar surface area (TPSA) is 55.7 Å². The second-order valence-corrected chi connectivity index (χ2v) is 7.03. The number of imidazole rings is 1. The molecule has 5 heteroatoms. The highest BCUT2D eigenvalue weighted by molar-refractivity contribution is 5.90. The maximum atomic E-state index is 14.7. The van der Waals surface area contributed by atoms with Gasteiger partial charge in [-0.3, -0.25) is 0 Å². The molecule has 1 saturated heterocycles. The first kappa shape index (κ1) is 17.3. The Kier molecular flexibility index (Phi) is 4.64. The van der Waals surface area contributed by atoms with E-state index in [0.29, 0.717) is 17.0 Å². The number of hydrogen-bond acceptors (Lipinski definition) is 3. The summed E-state index contributed by atoms with van der Waals surface area (Å²) in [5.41, 5.74) is 4.38. The Balaban J connectivity index is 1.66. The molecule has 4 rings (SSSR count). The van der Waals surface area contributed by atoms with E-state index in [4.69, 9.17) is 0 Å². The molecule has 0 radical (unpaired) electrons. The van der Waals surface area contributed by atoms with Crippen molar-refractivity contribution < 1.29 is 4.39 Å². The minimum Gasteiger partial charge on any atom is -0.371 e. The van der Waals surface area contributed by atoms with Gasteiger partial charge in [0.25, 0.3) is 0 Å². The van der Waals surface area contributed by atoms with Gasteiger partial charge >= 0.3 is 0 Å². The highest BCUT2D eigenvalue weighted by Gasteiger charge is 2.14. The molecule has 0 amide bonds. The molecule has 3 aromatic rings. The van der Waals surface area contributed by atoms with Crippen molar-refractivity contribution in [1.29, 1.82) is 5.26 Å². The fraction of sp³-hybridized carbons (Fsp3) is 0.273. The van der Waals surface area contributed by atoms with Crippen molar-refractivity contribution in [3.8, 4) is 6.07 Å². The smallest absolute Gasteiger partial charge is 0.149 e. The molecule has 1 N–H and O–H groups in total. The van der Waals surface area contributed by atoms with Gasteiger partial charge in [-0.1, -0.05) is 6.07 Å². The predicted molar refractivity (Wildman–Crippen MR) is 107 cm³/mol. The fourth-order valence-corrected chi connectivity index (χ4v) is 3.54. The predicted octanol–water partition coefficient (Wildman–Crippen LogP) is 5.06. The Morgan fingerprint density at radius 1 is 1.19 bits per heavy atom. The largest absolute Gasteiger partial charge is 0.371 e. The fourth-order valence-electron chi connectivity index (χ4n) is 3.54. The summed E-state index contributed by atoms with van der Waals surface area (Å²) in [5, 5.41) is 9.56. The number of aromatic nitrogens is 2. The maximum Gasteiger partial charge on any atom is 0.149 e. The molecule has 0 spiro atoms. The number of nitriles is 1. The molecular formula is C22H21FN4. The number of benzene rings is 2. The molecule has 27 heavy (non-hydrogen) atoms. The average molecular weight is 360 g/mol. The summed E-state index contributed by atoms with van der Waals surface area (Å²) in [4.78, 5) is 9.84. The molecule has 0 aliphatic carbocycles. The van der Waals surface area contributed by atoms with Gasteiger partial charge in [0.2, 0.25) is 0 Å². The van der Waals surface area contributed by atoms with E-state index in [9.17, 15) is 9.65 Å². The Labute approximate surface area is 158 Å². The van der Waals surface area contributed by atoms with Crippen LogP contribution >= 0.6 is 0 Å². The maximum absolute atomic E-state index is 14.7. The van der Waals surface area contributed by atoms with E-state index < -0.39 is 0 Å². The summed E-state index contributed by atoms with van der Waals surface area (Å²) in [6.45, 7) is 3.94. The number of hydrogen-bond donors (Lipinski definition) is 1. The lowest BCUT2D eigenvalue weighted by Crippen LogP contribution is -2.29. The molecule has 0 saturated carbocycles. The summed E-state index contributed by atoms with van der Waals surface area (Å²) in [6, 6.07) is 13.2. The van der Waals surface area contributed by atoms with Gasteiger partial charge in [-0.25, -0.2) is 9.37 Å². The van der Waals surface area contributed by atoms with Crippen molar-refractivity contribution >= 4 is 28.4 Å². The van der Waals surface area contributed by atoms with Gasteiger partial charge < -0.3 is 9.88 Å². The van der Waals surface area contributed by atoms with Crippen LogP contribution in [0.1, 0.15) is 36.2 Å². The van der Waals surface area contributed by atoms with Crippen molar-refractivity contribution in [2.24, 2.45) is 0 Å². The SMILES string of the molecule is Cc1ccc2nc(/C(C#N)=C/c3ccc(N4CCCCC4)cc3F)[nH]c2c1. The van der Waals surface area contributed by atoms with Crippen LogP contribution in [0.25, 0.3) is 22.7 Å². The van der Waals surface area contributed by atoms with Crippen LogP contribution in [-0.2, 0) is 0 Å². The lowest BCUT2D eigenvalue weighted by molar-refractivity contribution is 0.574. The van der Waals surface area contributed by atoms with Gasteiger partial charge in [0.05, 0.1) is 16.6 Å². The number of aryl methyl sites for hydroxylation is 1. The van der Waals surface area contributed by atoms with E-state index in [1.807, 2.05) is 31.2 Å². The van der Waals surface area contributed by atoms with E-state index in [0.717, 1.165) is 48.2 Å². The standard InChI is InChI=1S/C22H21FN4/c1-15-5-8-20-21(11-15)26-22(25-20)17(14-24)12-16-6-7-18(13-19(16)23)27-9-3-2-4-10-27/h5-8,11-13H,2-4,9-10H2,1H3,(H,25,26)/b17-12+. The molecule has 0 unspecified atom stereocenters. The van der Waals surface area contributed by atoms with E-state index in [-0.39, 0.29) is 5.82 Å². The number of allylic oxidation sites excluding steroid dienone is 1. The Hall–Kier alpha value is -3.13. The molecule has 136 valence electrons. The first-order chi connectivity index (χ1) is 13.1. The third kappa shape index (κ3) is 3.56. The van der Waals surface area contributed by atoms with Gasteiger partial charge in [0.15, 0.2) is 0 Å².